The summed E-state index contributed by atoms with van der Waals surface area (Å²) in [7, 11) is 2.17. The normalized spacial score (nSPS) is 13.8. The van der Waals surface area contributed by atoms with Crippen molar-refractivity contribution in [2.24, 2.45) is 0 Å². The van der Waals surface area contributed by atoms with Gasteiger partial charge in [0.15, 0.2) is 0 Å². The van der Waals surface area contributed by atoms with Crippen LogP contribution >= 0.6 is 0 Å². The average Bonchev–Trinajstić information content (AvgIpc) is 3.68. The molecule has 0 bridgehead atoms. The SMILES string of the molecule is CN1CCN(c2ccc3[nH]c(-c4ccc5nc(-c6ccc(OCCCNCCC(=O)O)cc6)[nH]c5c4)nc3c2)CC1.O=C(O)C(F)(F)F. The largest absolute Gasteiger partial charge is 0.494 e. The first-order valence-corrected chi connectivity index (χ1v) is 15.4. The Morgan fingerprint density at radius 3 is 2.19 bits per heavy atom. The molecule has 0 unspecified atom stereocenters. The number of carboxylic acid groups (broad SMARTS) is 2. The first-order chi connectivity index (χ1) is 23.0. The Balaban J connectivity index is 0.000000582. The third kappa shape index (κ3) is 9.01. The van der Waals surface area contributed by atoms with Crippen LogP contribution in [0.5, 0.6) is 5.75 Å². The minimum atomic E-state index is -5.08. The molecular formula is C33H36F3N7O5. The number of nitrogens with zero attached hydrogens (tertiary/aromatic N) is 4. The quantitative estimate of drug-likeness (QED) is 0.122. The van der Waals surface area contributed by atoms with Crippen LogP contribution in [0.4, 0.5) is 18.9 Å². The number of hydrogen-bond acceptors (Lipinski definition) is 8. The molecule has 5 aromatic rings. The van der Waals surface area contributed by atoms with E-state index in [1.165, 1.54) is 5.69 Å². The van der Waals surface area contributed by atoms with Gasteiger partial charge in [0, 0.05) is 49.5 Å². The number of benzene rings is 3. The van der Waals surface area contributed by atoms with Gasteiger partial charge in [0.05, 0.1) is 35.1 Å². The molecule has 3 aromatic carbocycles. The van der Waals surface area contributed by atoms with E-state index in [1.807, 2.05) is 30.3 Å². The second-order valence-electron chi connectivity index (χ2n) is 11.3. The number of halogens is 3. The monoisotopic (exact) mass is 667 g/mol. The van der Waals surface area contributed by atoms with Crippen LogP contribution in [0.2, 0.25) is 0 Å². The lowest BCUT2D eigenvalue weighted by Crippen LogP contribution is -2.44. The number of hydrogen-bond donors (Lipinski definition) is 5. The van der Waals surface area contributed by atoms with E-state index < -0.39 is 18.1 Å². The zero-order chi connectivity index (χ0) is 34.3. The number of rotatable bonds is 11. The summed E-state index contributed by atoms with van der Waals surface area (Å²) in [4.78, 5) is 40.9. The molecule has 3 heterocycles. The fourth-order valence-corrected chi connectivity index (χ4v) is 5.10. The number of fused-ring (bicyclic) bond motifs is 2. The van der Waals surface area contributed by atoms with Gasteiger partial charge in [-0.25, -0.2) is 14.8 Å². The standard InChI is InChI=1S/C31H35N7O3.C2HF3O2/c1-37-14-16-38(17-15-37)23-6-10-26-28(20-23)36-31(34-26)22-5-9-25-27(19-22)35-30(33-25)21-3-7-24(8-4-21)41-18-2-12-32-13-11-29(39)40;3-2(4,5)1(6)7/h3-10,19-20,32H,2,11-18H2,1H3,(H,33,35)(H,34,36)(H,39,40);(H,6,7). The molecule has 0 spiro atoms. The molecule has 1 fully saturated rings. The molecule has 0 amide bonds. The van der Waals surface area contributed by atoms with Crippen LogP contribution in [0.15, 0.2) is 60.7 Å². The van der Waals surface area contributed by atoms with E-state index in [9.17, 15) is 18.0 Å². The summed E-state index contributed by atoms with van der Waals surface area (Å²) in [5, 5.41) is 18.9. The van der Waals surface area contributed by atoms with E-state index in [2.05, 4.69) is 62.5 Å². The first kappa shape index (κ1) is 34.2. The molecule has 0 radical (unpaired) electrons. The van der Waals surface area contributed by atoms with Crippen molar-refractivity contribution in [3.05, 3.63) is 60.7 Å². The minimum absolute atomic E-state index is 0.128. The van der Waals surface area contributed by atoms with Crippen molar-refractivity contribution in [3.63, 3.8) is 0 Å². The van der Waals surface area contributed by atoms with E-state index in [0.717, 1.165) is 89.7 Å². The number of anilines is 1. The van der Waals surface area contributed by atoms with Gasteiger partial charge in [-0.05, 0) is 80.7 Å². The van der Waals surface area contributed by atoms with Crippen molar-refractivity contribution in [2.45, 2.75) is 19.0 Å². The van der Waals surface area contributed by atoms with Crippen LogP contribution in [0.3, 0.4) is 0 Å². The van der Waals surface area contributed by atoms with Crippen LogP contribution in [-0.2, 0) is 9.59 Å². The van der Waals surface area contributed by atoms with Crippen LogP contribution < -0.4 is 15.0 Å². The molecule has 1 aliphatic heterocycles. The molecule has 0 aliphatic carbocycles. The van der Waals surface area contributed by atoms with Crippen molar-refractivity contribution in [1.29, 1.82) is 0 Å². The number of carbonyl (C=O) groups is 2. The van der Waals surface area contributed by atoms with E-state index in [1.54, 1.807) is 0 Å². The van der Waals surface area contributed by atoms with Gasteiger partial charge in [-0.1, -0.05) is 0 Å². The number of nitrogens with one attached hydrogen (secondary N) is 3. The number of aromatic nitrogens is 4. The minimum Gasteiger partial charge on any atom is -0.494 e. The highest BCUT2D eigenvalue weighted by Crippen LogP contribution is 2.29. The topological polar surface area (TPSA) is 160 Å². The predicted octanol–water partition coefficient (Wildman–Crippen LogP) is 4.99. The fraction of sp³-hybridized carbons (Fsp3) is 0.333. The summed E-state index contributed by atoms with van der Waals surface area (Å²) in [6, 6.07) is 20.5. The summed E-state index contributed by atoms with van der Waals surface area (Å²) >= 11 is 0. The molecule has 1 aliphatic rings. The number of alkyl halides is 3. The molecule has 48 heavy (non-hydrogen) atoms. The number of carboxylic acids is 2. The van der Waals surface area contributed by atoms with E-state index in [4.69, 9.17) is 29.7 Å². The second-order valence-corrected chi connectivity index (χ2v) is 11.3. The number of imidazole rings is 2. The third-order valence-corrected chi connectivity index (χ3v) is 7.74. The summed E-state index contributed by atoms with van der Waals surface area (Å²) in [5.74, 6) is -1.12. The van der Waals surface area contributed by atoms with E-state index in [0.29, 0.717) is 13.2 Å². The molecular weight excluding hydrogens is 631 g/mol. The zero-order valence-electron chi connectivity index (χ0n) is 26.2. The molecule has 0 atom stereocenters. The summed E-state index contributed by atoms with van der Waals surface area (Å²) in [5.41, 5.74) is 7.05. The van der Waals surface area contributed by atoms with Crippen LogP contribution in [0.25, 0.3) is 44.8 Å². The number of aliphatic carboxylic acids is 2. The Kier molecular flexibility index (Phi) is 10.8. The molecule has 1 saturated heterocycles. The molecule has 0 saturated carbocycles. The maximum atomic E-state index is 10.6. The number of likely N-dealkylation sites (N-methyl/N-ethyl adjacent to an activating group) is 1. The maximum absolute atomic E-state index is 10.6. The number of aromatic amines is 2. The molecule has 12 nitrogen and oxygen atoms in total. The van der Waals surface area contributed by atoms with Gasteiger partial charge < -0.3 is 40.0 Å². The maximum Gasteiger partial charge on any atom is 0.490 e. The molecule has 254 valence electrons. The van der Waals surface area contributed by atoms with Crippen molar-refractivity contribution in [1.82, 2.24) is 30.2 Å². The highest BCUT2D eigenvalue weighted by molar-refractivity contribution is 5.87. The van der Waals surface area contributed by atoms with Crippen molar-refractivity contribution >= 4 is 39.7 Å². The number of H-pyrrole nitrogens is 2. The van der Waals surface area contributed by atoms with Crippen molar-refractivity contribution < 1.29 is 37.7 Å². The van der Waals surface area contributed by atoms with E-state index in [-0.39, 0.29) is 6.42 Å². The first-order valence-electron chi connectivity index (χ1n) is 15.4. The Bertz CT molecular complexity index is 1850. The van der Waals surface area contributed by atoms with Gasteiger partial charge in [0.25, 0.3) is 0 Å². The fourth-order valence-electron chi connectivity index (χ4n) is 5.10. The van der Waals surface area contributed by atoms with Crippen LogP contribution in [0.1, 0.15) is 12.8 Å². The van der Waals surface area contributed by atoms with Crippen LogP contribution in [-0.4, -0.2) is 106 Å². The van der Waals surface area contributed by atoms with Gasteiger partial charge >= 0.3 is 18.1 Å². The zero-order valence-corrected chi connectivity index (χ0v) is 26.2. The highest BCUT2D eigenvalue weighted by atomic mass is 19.4. The van der Waals surface area contributed by atoms with Gasteiger partial charge in [0.2, 0.25) is 0 Å². The van der Waals surface area contributed by atoms with Gasteiger partial charge in [-0.3, -0.25) is 4.79 Å². The predicted molar refractivity (Wildman–Crippen MR) is 175 cm³/mol. The van der Waals surface area contributed by atoms with Gasteiger partial charge in [0.1, 0.15) is 17.4 Å². The Labute approximate surface area is 273 Å². The van der Waals surface area contributed by atoms with Gasteiger partial charge in [-0.15, -0.1) is 0 Å². The summed E-state index contributed by atoms with van der Waals surface area (Å²) < 4.78 is 37.6. The van der Waals surface area contributed by atoms with Gasteiger partial charge in [-0.2, -0.15) is 13.2 Å². The molecule has 6 rings (SSSR count). The van der Waals surface area contributed by atoms with Crippen LogP contribution in [0, 0.1) is 0 Å². The van der Waals surface area contributed by atoms with E-state index >= 15 is 0 Å². The highest BCUT2D eigenvalue weighted by Gasteiger charge is 2.38. The second kappa shape index (κ2) is 15.2. The Hall–Kier alpha value is -5.15. The van der Waals surface area contributed by atoms with Crippen molar-refractivity contribution in [2.75, 3.05) is 57.8 Å². The Morgan fingerprint density at radius 1 is 0.854 bits per heavy atom. The lowest BCUT2D eigenvalue weighted by Gasteiger charge is -2.34. The third-order valence-electron chi connectivity index (χ3n) is 7.74. The lowest BCUT2D eigenvalue weighted by molar-refractivity contribution is -0.192. The smallest absolute Gasteiger partial charge is 0.490 e. The lowest BCUT2D eigenvalue weighted by atomic mass is 10.2. The summed E-state index contributed by atoms with van der Waals surface area (Å²) in [6.45, 7) is 5.96. The number of piperazine rings is 1. The summed E-state index contributed by atoms with van der Waals surface area (Å²) in [6.07, 6.45) is -4.15. The number of ether oxygens (including phenoxy) is 1. The van der Waals surface area contributed by atoms with Crippen molar-refractivity contribution in [3.8, 4) is 28.5 Å². The Morgan fingerprint density at radius 2 is 1.50 bits per heavy atom. The molecule has 15 heteroatoms. The molecule has 5 N–H and O–H groups in total. The molecule has 2 aromatic heterocycles. The average molecular weight is 668 g/mol.